The van der Waals surface area contributed by atoms with Crippen molar-refractivity contribution in [1.29, 1.82) is 0 Å². The van der Waals surface area contributed by atoms with Gasteiger partial charge in [0.1, 0.15) is 24.1 Å². The number of esters is 3. The fourth-order valence-electron chi connectivity index (χ4n) is 3.91. The molecular formula is C21H26O10. The molecule has 170 valence electrons. The van der Waals surface area contributed by atoms with Crippen molar-refractivity contribution in [3.8, 4) is 0 Å². The largest absolute Gasteiger partial charge is 0.461 e. The Morgan fingerprint density at radius 3 is 2.58 bits per heavy atom. The van der Waals surface area contributed by atoms with E-state index < -0.39 is 54.2 Å². The lowest BCUT2D eigenvalue weighted by molar-refractivity contribution is -0.298. The van der Waals surface area contributed by atoms with Crippen molar-refractivity contribution in [2.24, 2.45) is 0 Å². The zero-order chi connectivity index (χ0) is 23.2. The van der Waals surface area contributed by atoms with Gasteiger partial charge >= 0.3 is 17.9 Å². The zero-order valence-electron chi connectivity index (χ0n) is 17.6. The van der Waals surface area contributed by atoms with E-state index in [1.54, 1.807) is 6.92 Å². The quantitative estimate of drug-likeness (QED) is 0.308. The number of carbonyl (C=O) groups excluding carboxylic acids is 3. The Balaban J connectivity index is 2.16. The van der Waals surface area contributed by atoms with Crippen LogP contribution in [0.25, 0.3) is 0 Å². The van der Waals surface area contributed by atoms with E-state index in [0.29, 0.717) is 6.42 Å². The molecule has 0 amide bonds. The molecule has 1 fully saturated rings. The van der Waals surface area contributed by atoms with Gasteiger partial charge in [-0.05, 0) is 26.3 Å². The molecule has 4 atom stereocenters. The van der Waals surface area contributed by atoms with Crippen molar-refractivity contribution in [3.63, 3.8) is 0 Å². The van der Waals surface area contributed by atoms with E-state index in [2.05, 4.69) is 6.58 Å². The fraction of sp³-hybridized carbons (Fsp3) is 0.571. The average Bonchev–Trinajstić information content (AvgIpc) is 3.14. The van der Waals surface area contributed by atoms with E-state index >= 15 is 0 Å². The molecule has 31 heavy (non-hydrogen) atoms. The molecule has 10 heteroatoms. The van der Waals surface area contributed by atoms with E-state index in [-0.39, 0.29) is 35.3 Å². The second kappa shape index (κ2) is 7.86. The number of fused-ring (bicyclic) bond motifs is 3. The summed E-state index contributed by atoms with van der Waals surface area (Å²) >= 11 is 0. The number of hydrogen-bond acceptors (Lipinski definition) is 10. The van der Waals surface area contributed by atoms with Gasteiger partial charge in [-0.2, -0.15) is 0 Å². The van der Waals surface area contributed by atoms with Crippen molar-refractivity contribution < 1.29 is 48.7 Å². The molecule has 3 aliphatic rings. The maximum absolute atomic E-state index is 12.6. The first-order valence-electron chi connectivity index (χ1n) is 9.77. The van der Waals surface area contributed by atoms with Crippen molar-refractivity contribution in [3.05, 3.63) is 35.1 Å². The molecule has 10 nitrogen and oxygen atoms in total. The molecule has 1 saturated heterocycles. The fourth-order valence-corrected chi connectivity index (χ4v) is 3.91. The summed E-state index contributed by atoms with van der Waals surface area (Å²) in [7, 11) is 0. The molecule has 0 radical (unpaired) electrons. The van der Waals surface area contributed by atoms with Crippen LogP contribution in [-0.2, 0) is 33.3 Å². The third-order valence-corrected chi connectivity index (χ3v) is 5.73. The lowest BCUT2D eigenvalue weighted by Crippen LogP contribution is -2.54. The molecule has 3 heterocycles. The topological polar surface area (TPSA) is 149 Å². The van der Waals surface area contributed by atoms with Crippen LogP contribution in [0.5, 0.6) is 0 Å². The first-order valence-corrected chi connectivity index (χ1v) is 9.77. The number of carbonyl (C=O) groups is 3. The summed E-state index contributed by atoms with van der Waals surface area (Å²) in [5.74, 6) is -4.36. The van der Waals surface area contributed by atoms with Gasteiger partial charge in [0, 0.05) is 25.3 Å². The third-order valence-electron chi connectivity index (χ3n) is 5.73. The lowest BCUT2D eigenvalue weighted by Gasteiger charge is -2.40. The van der Waals surface area contributed by atoms with Crippen LogP contribution in [-0.4, -0.2) is 69.5 Å². The van der Waals surface area contributed by atoms with Crippen molar-refractivity contribution in [2.45, 2.75) is 63.1 Å². The standard InChI is InChI=1S/C21H26O10/c1-11(9-22)17(24)29-15-8-20(4,26)21(27)6-5-19(3,31-21)7-14-16(15)13(18(25)30-14)10-28-12(2)23/h7,15,22,26-27H,1,5-6,8-10H2,2-4H3/b14-7+. The molecule has 3 rings (SSSR count). The average molecular weight is 438 g/mol. The summed E-state index contributed by atoms with van der Waals surface area (Å²) < 4.78 is 21.6. The number of ether oxygens (including phenoxy) is 4. The molecule has 0 spiro atoms. The van der Waals surface area contributed by atoms with Crippen LogP contribution in [0, 0.1) is 0 Å². The van der Waals surface area contributed by atoms with Crippen LogP contribution < -0.4 is 0 Å². The van der Waals surface area contributed by atoms with Crippen LogP contribution in [0.2, 0.25) is 0 Å². The molecule has 0 aliphatic carbocycles. The van der Waals surface area contributed by atoms with E-state index in [1.807, 2.05) is 0 Å². The van der Waals surface area contributed by atoms with E-state index in [4.69, 9.17) is 18.9 Å². The molecule has 0 aromatic heterocycles. The summed E-state index contributed by atoms with van der Waals surface area (Å²) in [6.07, 6.45) is 0.194. The maximum Gasteiger partial charge on any atom is 0.343 e. The van der Waals surface area contributed by atoms with Gasteiger partial charge in [-0.1, -0.05) is 6.58 Å². The minimum Gasteiger partial charge on any atom is -0.461 e. The molecule has 0 aromatic rings. The number of hydrogen-bond donors (Lipinski definition) is 3. The highest BCUT2D eigenvalue weighted by atomic mass is 16.7. The summed E-state index contributed by atoms with van der Waals surface area (Å²) in [4.78, 5) is 36.2. The van der Waals surface area contributed by atoms with E-state index in [0.717, 1.165) is 0 Å². The molecule has 0 aromatic carbocycles. The summed E-state index contributed by atoms with van der Waals surface area (Å²) in [6, 6.07) is 0. The lowest BCUT2D eigenvalue weighted by atomic mass is 9.82. The first-order chi connectivity index (χ1) is 14.3. The third kappa shape index (κ3) is 4.29. The van der Waals surface area contributed by atoms with Gasteiger partial charge < -0.3 is 34.3 Å². The molecule has 2 bridgehead atoms. The van der Waals surface area contributed by atoms with Crippen molar-refractivity contribution >= 4 is 17.9 Å². The smallest absolute Gasteiger partial charge is 0.343 e. The van der Waals surface area contributed by atoms with Crippen LogP contribution in [0.15, 0.2) is 35.1 Å². The molecule has 0 saturated carbocycles. The van der Waals surface area contributed by atoms with Gasteiger partial charge in [-0.3, -0.25) is 4.79 Å². The summed E-state index contributed by atoms with van der Waals surface area (Å²) in [6.45, 7) is 6.47. The van der Waals surface area contributed by atoms with Crippen LogP contribution in [0.1, 0.15) is 40.0 Å². The van der Waals surface area contributed by atoms with Crippen LogP contribution in [0.3, 0.4) is 0 Å². The highest BCUT2D eigenvalue weighted by Crippen LogP contribution is 2.49. The highest BCUT2D eigenvalue weighted by molar-refractivity contribution is 5.96. The second-order valence-electron chi connectivity index (χ2n) is 8.40. The van der Waals surface area contributed by atoms with Gasteiger partial charge in [0.25, 0.3) is 0 Å². The van der Waals surface area contributed by atoms with Crippen molar-refractivity contribution in [1.82, 2.24) is 0 Å². The molecule has 3 aliphatic heterocycles. The summed E-state index contributed by atoms with van der Waals surface area (Å²) in [5.41, 5.74) is -3.24. The molecular weight excluding hydrogens is 412 g/mol. The predicted octanol–water partition coefficient (Wildman–Crippen LogP) is 0.159. The van der Waals surface area contributed by atoms with Crippen LogP contribution in [0.4, 0.5) is 0 Å². The minimum atomic E-state index is -1.96. The number of aliphatic hydroxyl groups excluding tert-OH is 1. The first kappa shape index (κ1) is 23.1. The monoisotopic (exact) mass is 438 g/mol. The molecule has 4 unspecified atom stereocenters. The number of rotatable bonds is 5. The Hall–Kier alpha value is -2.53. The Kier molecular flexibility index (Phi) is 5.87. The zero-order valence-corrected chi connectivity index (χ0v) is 17.6. The normalized spacial score (nSPS) is 36.4. The van der Waals surface area contributed by atoms with Gasteiger partial charge in [0.15, 0.2) is 5.79 Å². The van der Waals surface area contributed by atoms with Gasteiger partial charge in [-0.25, -0.2) is 9.59 Å². The number of aliphatic hydroxyl groups is 3. The van der Waals surface area contributed by atoms with Gasteiger partial charge in [-0.15, -0.1) is 0 Å². The Morgan fingerprint density at radius 1 is 1.29 bits per heavy atom. The minimum absolute atomic E-state index is 0.0176. The second-order valence-corrected chi connectivity index (χ2v) is 8.40. The van der Waals surface area contributed by atoms with Gasteiger partial charge in [0.2, 0.25) is 0 Å². The SMILES string of the molecule is C=C(CO)C(=O)OC1CC(C)(O)C2(O)CCC(C)(/C=C3/OC(=O)C(COC(C)=O)=C31)O2. The van der Waals surface area contributed by atoms with Crippen molar-refractivity contribution in [2.75, 3.05) is 13.2 Å². The Bertz CT molecular complexity index is 898. The van der Waals surface area contributed by atoms with E-state index in [9.17, 15) is 29.7 Å². The Morgan fingerprint density at radius 2 is 1.97 bits per heavy atom. The molecule has 3 N–H and O–H groups in total. The van der Waals surface area contributed by atoms with Crippen LogP contribution >= 0.6 is 0 Å². The predicted molar refractivity (Wildman–Crippen MR) is 103 cm³/mol. The highest BCUT2D eigenvalue weighted by Gasteiger charge is 2.58. The Labute approximate surface area is 178 Å². The van der Waals surface area contributed by atoms with E-state index in [1.165, 1.54) is 19.9 Å². The van der Waals surface area contributed by atoms with Gasteiger partial charge in [0.05, 0.1) is 23.4 Å². The maximum atomic E-state index is 12.6. The summed E-state index contributed by atoms with van der Waals surface area (Å²) in [5, 5.41) is 31.4.